The molecule has 0 saturated carbocycles. The number of aryl methyl sites for hydroxylation is 6. The van der Waals surface area contributed by atoms with Crippen LogP contribution in [-0.2, 0) is 12.8 Å². The molecule has 0 spiro atoms. The molecule has 45 heavy (non-hydrogen) atoms. The van der Waals surface area contributed by atoms with Gasteiger partial charge >= 0.3 is 0 Å². The number of allylic oxidation sites excluding steroid dienone is 2. The van der Waals surface area contributed by atoms with Crippen LogP contribution >= 0.6 is 0 Å². The van der Waals surface area contributed by atoms with Gasteiger partial charge in [0.05, 0.1) is 0 Å². The van der Waals surface area contributed by atoms with E-state index in [2.05, 4.69) is 128 Å². The molecule has 0 bridgehead atoms. The zero-order chi connectivity index (χ0) is 31.8. The van der Waals surface area contributed by atoms with E-state index in [0.717, 1.165) is 25.7 Å². The number of hydrogen-bond donors (Lipinski definition) is 0. The zero-order valence-electron chi connectivity index (χ0n) is 29.0. The van der Waals surface area contributed by atoms with Gasteiger partial charge in [-0.1, -0.05) is 146 Å². The fourth-order valence-corrected chi connectivity index (χ4v) is 11.1. The predicted molar refractivity (Wildman–Crippen MR) is 202 cm³/mol. The van der Waals surface area contributed by atoms with E-state index in [9.17, 15) is 0 Å². The highest BCUT2D eigenvalue weighted by Gasteiger charge is 2.30. The summed E-state index contributed by atoms with van der Waals surface area (Å²) in [6, 6.07) is 26.8. The van der Waals surface area contributed by atoms with E-state index in [4.69, 9.17) is 0 Å². The van der Waals surface area contributed by atoms with Crippen molar-refractivity contribution in [3.63, 3.8) is 0 Å². The van der Waals surface area contributed by atoms with Crippen LogP contribution in [0.4, 0.5) is 0 Å². The minimum absolute atomic E-state index is 0.296. The third kappa shape index (κ3) is 5.97. The average Bonchev–Trinajstić information content (AvgIpc) is 3.56. The summed E-state index contributed by atoms with van der Waals surface area (Å²) >= 11 is 0. The maximum atomic E-state index is 2.59. The van der Waals surface area contributed by atoms with Crippen molar-refractivity contribution in [1.82, 2.24) is 0 Å². The highest BCUT2D eigenvalue weighted by atomic mass is 28.2. The second kappa shape index (κ2) is 13.1. The van der Waals surface area contributed by atoms with Crippen LogP contribution in [-0.4, -0.2) is 9.52 Å². The maximum Gasteiger partial charge on any atom is 0.0218 e. The Labute approximate surface area is 275 Å². The van der Waals surface area contributed by atoms with Crippen molar-refractivity contribution in [2.45, 2.75) is 105 Å². The van der Waals surface area contributed by atoms with Crippen LogP contribution in [0.1, 0.15) is 108 Å². The summed E-state index contributed by atoms with van der Waals surface area (Å²) < 4.78 is 0. The van der Waals surface area contributed by atoms with E-state index in [1.807, 2.05) is 0 Å². The predicted octanol–water partition coefficient (Wildman–Crippen LogP) is 11.9. The molecule has 2 aliphatic carbocycles. The van der Waals surface area contributed by atoms with Gasteiger partial charge in [0.1, 0.15) is 0 Å². The van der Waals surface area contributed by atoms with E-state index in [1.54, 1.807) is 22.3 Å². The van der Waals surface area contributed by atoms with E-state index in [1.165, 1.54) is 78.8 Å². The lowest BCUT2D eigenvalue weighted by atomic mass is 9.87. The first-order valence-corrected chi connectivity index (χ1v) is 19.7. The summed E-state index contributed by atoms with van der Waals surface area (Å²) in [5.41, 5.74) is 23.7. The van der Waals surface area contributed by atoms with Crippen LogP contribution in [0.5, 0.6) is 0 Å². The van der Waals surface area contributed by atoms with E-state index >= 15 is 0 Å². The molecule has 0 aliphatic heterocycles. The largest absolute Gasteiger partial charge is 0.0626 e. The summed E-state index contributed by atoms with van der Waals surface area (Å²) in [6.45, 7) is 18.3. The highest BCUT2D eigenvalue weighted by molar-refractivity contribution is 6.36. The van der Waals surface area contributed by atoms with Crippen molar-refractivity contribution in [3.05, 3.63) is 127 Å². The van der Waals surface area contributed by atoms with Gasteiger partial charge in [-0.3, -0.25) is 0 Å². The van der Waals surface area contributed by atoms with Crippen LogP contribution in [0.3, 0.4) is 0 Å². The third-order valence-electron chi connectivity index (χ3n) is 10.6. The van der Waals surface area contributed by atoms with Gasteiger partial charge in [0, 0.05) is 21.4 Å². The molecule has 0 fully saturated rings. The van der Waals surface area contributed by atoms with E-state index in [0.29, 0.717) is 11.8 Å². The first-order chi connectivity index (χ1) is 21.8. The van der Waals surface area contributed by atoms with Crippen molar-refractivity contribution >= 4 is 21.7 Å². The topological polar surface area (TPSA) is 0 Å². The van der Waals surface area contributed by atoms with Gasteiger partial charge in [-0.15, -0.1) is 0 Å². The highest BCUT2D eigenvalue weighted by Crippen LogP contribution is 2.48. The Bertz CT molecular complexity index is 1640. The van der Waals surface area contributed by atoms with Crippen molar-refractivity contribution in [3.8, 4) is 22.3 Å². The van der Waals surface area contributed by atoms with Crippen molar-refractivity contribution in [2.24, 2.45) is 0 Å². The van der Waals surface area contributed by atoms with Gasteiger partial charge < -0.3 is 0 Å². The third-order valence-corrected chi connectivity index (χ3v) is 12.6. The van der Waals surface area contributed by atoms with Gasteiger partial charge in [0.2, 0.25) is 0 Å². The average molecular weight is 609 g/mol. The molecule has 1 heteroatoms. The van der Waals surface area contributed by atoms with Crippen LogP contribution in [0, 0.1) is 27.7 Å². The Morgan fingerprint density at radius 2 is 0.867 bits per heavy atom. The molecule has 2 atom stereocenters. The first kappa shape index (κ1) is 31.6. The molecule has 0 N–H and O–H groups in total. The molecular weight excluding hydrogens is 557 g/mol. The molecule has 0 nitrogen and oxygen atoms in total. The molecule has 6 rings (SSSR count). The lowest BCUT2D eigenvalue weighted by Gasteiger charge is -2.22. The molecule has 2 aliphatic rings. The Kier molecular flexibility index (Phi) is 9.21. The Morgan fingerprint density at radius 1 is 0.489 bits per heavy atom. The number of benzene rings is 4. The lowest BCUT2D eigenvalue weighted by molar-refractivity contribution is 0.829. The Hall–Kier alpha value is -3.42. The molecule has 0 amide bonds. The summed E-state index contributed by atoms with van der Waals surface area (Å²) in [5, 5.41) is 0. The summed E-state index contributed by atoms with van der Waals surface area (Å²) in [5.74, 6) is 1.19. The number of hydrogen-bond acceptors (Lipinski definition) is 0. The van der Waals surface area contributed by atoms with Crippen LogP contribution in [0.15, 0.2) is 71.8 Å². The fraction of sp³-hybridized carbons (Fsp3) is 0.364. The molecular formula is C44H52Si. The number of fused-ring (bicyclic) bond motifs is 2. The van der Waals surface area contributed by atoms with Crippen molar-refractivity contribution in [2.75, 3.05) is 0 Å². The van der Waals surface area contributed by atoms with E-state index < -0.39 is 0 Å². The van der Waals surface area contributed by atoms with Gasteiger partial charge in [0.15, 0.2) is 0 Å². The summed E-state index contributed by atoms with van der Waals surface area (Å²) in [7, 11) is -0.296. The van der Waals surface area contributed by atoms with Crippen molar-refractivity contribution < 1.29 is 0 Å². The number of rotatable bonds is 10. The molecule has 0 heterocycles. The molecule has 4 aromatic carbocycles. The van der Waals surface area contributed by atoms with Crippen LogP contribution in [0.25, 0.3) is 34.4 Å². The molecule has 0 radical (unpaired) electrons. The SMILES string of the molecule is CCC1=Cc2c(ccc(CC)c2-c2cc(C)cc(C)c2)C1C[SiH2]CC1C(CC)=Cc2c1ccc(CC)c2-c1cc(C)cc(C)c1. The smallest absolute Gasteiger partial charge is 0.0218 e. The van der Waals surface area contributed by atoms with Crippen LogP contribution < -0.4 is 0 Å². The zero-order valence-corrected chi connectivity index (χ0v) is 30.4. The minimum Gasteiger partial charge on any atom is -0.0626 e. The molecule has 232 valence electrons. The minimum atomic E-state index is -0.296. The summed E-state index contributed by atoms with van der Waals surface area (Å²) in [6.07, 6.45) is 9.61. The standard InChI is InChI=1S/C44H52Si/c1-9-31-13-15-37-39(43(31)35-19-27(5)17-28(6)20-35)23-33(11-3)41(37)25-45-26-42-34(12-4)24-40-38(42)16-14-32(10-2)44(40)36-21-29(7)18-30(8)22-36/h13-24,41-42H,9-12,25-26,45H2,1-8H3. The fourth-order valence-electron chi connectivity index (χ4n) is 8.67. The second-order valence-corrected chi connectivity index (χ2v) is 15.7. The Balaban J connectivity index is 1.30. The Morgan fingerprint density at radius 3 is 1.20 bits per heavy atom. The molecule has 4 aromatic rings. The molecule has 2 unspecified atom stereocenters. The van der Waals surface area contributed by atoms with Gasteiger partial charge in [-0.2, -0.15) is 0 Å². The summed E-state index contributed by atoms with van der Waals surface area (Å²) in [4.78, 5) is 0. The van der Waals surface area contributed by atoms with Gasteiger partial charge in [-0.25, -0.2) is 0 Å². The maximum absolute atomic E-state index is 2.59. The normalized spacial score (nSPS) is 17.2. The molecule has 0 saturated heterocycles. The monoisotopic (exact) mass is 608 g/mol. The van der Waals surface area contributed by atoms with Gasteiger partial charge in [-0.05, 0) is 109 Å². The van der Waals surface area contributed by atoms with Crippen LogP contribution in [0.2, 0.25) is 12.1 Å². The second-order valence-electron chi connectivity index (χ2n) is 13.8. The quantitative estimate of drug-likeness (QED) is 0.157. The van der Waals surface area contributed by atoms with E-state index in [-0.39, 0.29) is 9.52 Å². The lowest BCUT2D eigenvalue weighted by Crippen LogP contribution is -2.08. The van der Waals surface area contributed by atoms with Gasteiger partial charge in [0.25, 0.3) is 0 Å². The van der Waals surface area contributed by atoms with Crippen molar-refractivity contribution in [1.29, 1.82) is 0 Å². The first-order valence-electron chi connectivity index (χ1n) is 17.7. The molecule has 0 aromatic heterocycles.